The average molecular weight is 243 g/mol. The molecule has 0 atom stereocenters. The molecule has 1 aliphatic rings. The molecule has 0 aromatic carbocycles. The minimum absolute atomic E-state index is 0.291. The van der Waals surface area contributed by atoms with Gasteiger partial charge in [-0.15, -0.1) is 0 Å². The first kappa shape index (κ1) is 11.6. The highest BCUT2D eigenvalue weighted by molar-refractivity contribution is 7.89. The van der Waals surface area contributed by atoms with Crippen molar-refractivity contribution in [2.45, 2.75) is 44.2 Å². The van der Waals surface area contributed by atoms with E-state index >= 15 is 0 Å². The number of rotatable bonds is 5. The lowest BCUT2D eigenvalue weighted by molar-refractivity contribution is 0.543. The van der Waals surface area contributed by atoms with Crippen LogP contribution in [0.5, 0.6) is 0 Å². The molecule has 1 saturated carbocycles. The van der Waals surface area contributed by atoms with Crippen molar-refractivity contribution in [3.8, 4) is 0 Å². The first-order valence-electron chi connectivity index (χ1n) is 5.66. The fourth-order valence-electron chi connectivity index (χ4n) is 1.70. The van der Waals surface area contributed by atoms with Crippen molar-refractivity contribution < 1.29 is 8.42 Å². The highest BCUT2D eigenvalue weighted by Crippen LogP contribution is 2.39. The molecule has 2 rings (SSSR count). The SMILES string of the molecule is CCNS(=O)(=O)c1cc(C2CC2)nn1CC. The summed E-state index contributed by atoms with van der Waals surface area (Å²) in [5.74, 6) is 0.475. The summed E-state index contributed by atoms with van der Waals surface area (Å²) in [6, 6.07) is 1.71. The molecule has 0 spiro atoms. The van der Waals surface area contributed by atoms with Crippen LogP contribution in [0.4, 0.5) is 0 Å². The van der Waals surface area contributed by atoms with Crippen LogP contribution in [0, 0.1) is 0 Å². The third kappa shape index (κ3) is 2.12. The van der Waals surface area contributed by atoms with Crippen molar-refractivity contribution in [2.75, 3.05) is 6.54 Å². The molecule has 1 fully saturated rings. The number of hydrogen-bond donors (Lipinski definition) is 1. The van der Waals surface area contributed by atoms with E-state index in [9.17, 15) is 8.42 Å². The highest BCUT2D eigenvalue weighted by Gasteiger charge is 2.29. The van der Waals surface area contributed by atoms with Crippen molar-refractivity contribution >= 4 is 10.0 Å². The van der Waals surface area contributed by atoms with E-state index < -0.39 is 10.0 Å². The number of hydrogen-bond acceptors (Lipinski definition) is 3. The fraction of sp³-hybridized carbons (Fsp3) is 0.700. The van der Waals surface area contributed by atoms with Gasteiger partial charge < -0.3 is 0 Å². The molecule has 0 saturated heterocycles. The third-order valence-corrected chi connectivity index (χ3v) is 4.21. The standard InChI is InChI=1S/C10H17N3O2S/c1-3-11-16(14,15)10-7-9(8-5-6-8)12-13(10)4-2/h7-8,11H,3-6H2,1-2H3. The predicted molar refractivity (Wildman–Crippen MR) is 60.7 cm³/mol. The van der Waals surface area contributed by atoms with Crippen LogP contribution < -0.4 is 4.72 Å². The first-order valence-corrected chi connectivity index (χ1v) is 7.14. The molecule has 1 aromatic rings. The molecular formula is C10H17N3O2S. The fourth-order valence-corrected chi connectivity index (χ4v) is 2.96. The van der Waals surface area contributed by atoms with Crippen LogP contribution in [0.2, 0.25) is 0 Å². The molecule has 1 aliphatic carbocycles. The molecule has 0 unspecified atom stereocenters. The van der Waals surface area contributed by atoms with Gasteiger partial charge in [0.1, 0.15) is 0 Å². The van der Waals surface area contributed by atoms with E-state index in [1.807, 2.05) is 6.92 Å². The maximum Gasteiger partial charge on any atom is 0.257 e. The summed E-state index contributed by atoms with van der Waals surface area (Å²) < 4.78 is 27.9. The Morgan fingerprint density at radius 3 is 2.69 bits per heavy atom. The van der Waals surface area contributed by atoms with Gasteiger partial charge in [0.15, 0.2) is 5.03 Å². The van der Waals surface area contributed by atoms with Gasteiger partial charge in [-0.05, 0) is 19.8 Å². The summed E-state index contributed by atoms with van der Waals surface area (Å²) in [6.45, 7) is 4.64. The van der Waals surface area contributed by atoms with Crippen LogP contribution in [0.15, 0.2) is 11.1 Å². The maximum atomic E-state index is 11.9. The lowest BCUT2D eigenvalue weighted by atomic mass is 10.3. The van der Waals surface area contributed by atoms with Crippen molar-refractivity contribution in [3.63, 3.8) is 0 Å². The molecule has 0 amide bonds. The van der Waals surface area contributed by atoms with Crippen LogP contribution in [-0.4, -0.2) is 24.7 Å². The zero-order chi connectivity index (χ0) is 11.8. The summed E-state index contributed by atoms with van der Waals surface area (Å²) in [6.07, 6.45) is 2.25. The molecule has 0 aliphatic heterocycles. The number of aromatic nitrogens is 2. The number of nitrogens with one attached hydrogen (secondary N) is 1. The second-order valence-electron chi connectivity index (χ2n) is 4.00. The van der Waals surface area contributed by atoms with E-state index in [0.29, 0.717) is 24.0 Å². The Morgan fingerprint density at radius 1 is 1.50 bits per heavy atom. The van der Waals surface area contributed by atoms with E-state index in [0.717, 1.165) is 18.5 Å². The predicted octanol–water partition coefficient (Wildman–Crippen LogP) is 1.08. The van der Waals surface area contributed by atoms with Crippen molar-refractivity contribution in [2.24, 2.45) is 0 Å². The smallest absolute Gasteiger partial charge is 0.253 e. The Kier molecular flexibility index (Phi) is 3.03. The lowest BCUT2D eigenvalue weighted by Crippen LogP contribution is -2.25. The second kappa shape index (κ2) is 4.18. The first-order chi connectivity index (χ1) is 7.58. The van der Waals surface area contributed by atoms with Gasteiger partial charge in [0.2, 0.25) is 0 Å². The Labute approximate surface area is 95.9 Å². The van der Waals surface area contributed by atoms with E-state index in [-0.39, 0.29) is 0 Å². The van der Waals surface area contributed by atoms with E-state index in [4.69, 9.17) is 0 Å². The van der Waals surface area contributed by atoms with Gasteiger partial charge in [0, 0.05) is 25.1 Å². The summed E-state index contributed by atoms with van der Waals surface area (Å²) in [5.41, 5.74) is 0.915. The van der Waals surface area contributed by atoms with Crippen LogP contribution in [0.3, 0.4) is 0 Å². The van der Waals surface area contributed by atoms with Crippen LogP contribution in [-0.2, 0) is 16.6 Å². The van der Waals surface area contributed by atoms with Crippen LogP contribution in [0.1, 0.15) is 38.3 Å². The largest absolute Gasteiger partial charge is 0.257 e. The maximum absolute atomic E-state index is 11.9. The Hall–Kier alpha value is -0.880. The lowest BCUT2D eigenvalue weighted by Gasteiger charge is -2.05. The molecule has 1 heterocycles. The van der Waals surface area contributed by atoms with Gasteiger partial charge in [0.05, 0.1) is 5.69 Å². The molecule has 1 aromatic heterocycles. The molecule has 90 valence electrons. The Bertz CT molecular complexity index is 474. The normalized spacial score (nSPS) is 16.6. The van der Waals surface area contributed by atoms with Gasteiger partial charge in [-0.25, -0.2) is 13.1 Å². The molecule has 0 radical (unpaired) electrons. The van der Waals surface area contributed by atoms with Crippen LogP contribution in [0.25, 0.3) is 0 Å². The van der Waals surface area contributed by atoms with E-state index in [1.54, 1.807) is 17.7 Å². The molecule has 6 heteroatoms. The monoisotopic (exact) mass is 243 g/mol. The van der Waals surface area contributed by atoms with Gasteiger partial charge in [-0.1, -0.05) is 6.92 Å². The second-order valence-corrected chi connectivity index (χ2v) is 5.71. The van der Waals surface area contributed by atoms with Gasteiger partial charge in [-0.3, -0.25) is 4.68 Å². The minimum atomic E-state index is -3.39. The van der Waals surface area contributed by atoms with E-state index in [1.165, 1.54) is 0 Å². The molecular weight excluding hydrogens is 226 g/mol. The van der Waals surface area contributed by atoms with E-state index in [2.05, 4.69) is 9.82 Å². The Balaban J connectivity index is 2.38. The zero-order valence-corrected chi connectivity index (χ0v) is 10.4. The summed E-state index contributed by atoms with van der Waals surface area (Å²) >= 11 is 0. The average Bonchev–Trinajstić information content (AvgIpc) is 2.97. The number of sulfonamides is 1. The number of aryl methyl sites for hydroxylation is 1. The Morgan fingerprint density at radius 2 is 2.19 bits per heavy atom. The molecule has 16 heavy (non-hydrogen) atoms. The molecule has 1 N–H and O–H groups in total. The van der Waals surface area contributed by atoms with Crippen molar-refractivity contribution in [1.29, 1.82) is 0 Å². The molecule has 5 nitrogen and oxygen atoms in total. The quantitative estimate of drug-likeness (QED) is 0.841. The zero-order valence-electron chi connectivity index (χ0n) is 9.60. The van der Waals surface area contributed by atoms with Gasteiger partial charge in [-0.2, -0.15) is 5.10 Å². The topological polar surface area (TPSA) is 64.0 Å². The van der Waals surface area contributed by atoms with Crippen molar-refractivity contribution in [1.82, 2.24) is 14.5 Å². The highest BCUT2D eigenvalue weighted by atomic mass is 32.2. The third-order valence-electron chi connectivity index (χ3n) is 2.67. The van der Waals surface area contributed by atoms with Gasteiger partial charge in [0.25, 0.3) is 10.0 Å². The minimum Gasteiger partial charge on any atom is -0.253 e. The van der Waals surface area contributed by atoms with Gasteiger partial charge >= 0.3 is 0 Å². The molecule has 0 bridgehead atoms. The number of nitrogens with zero attached hydrogens (tertiary/aromatic N) is 2. The van der Waals surface area contributed by atoms with Crippen LogP contribution >= 0.6 is 0 Å². The summed E-state index contributed by atoms with van der Waals surface area (Å²) in [4.78, 5) is 0. The summed E-state index contributed by atoms with van der Waals surface area (Å²) in [7, 11) is -3.39. The van der Waals surface area contributed by atoms with Crippen molar-refractivity contribution in [3.05, 3.63) is 11.8 Å². The summed E-state index contributed by atoms with van der Waals surface area (Å²) in [5, 5.41) is 4.63.